The molecule has 2 aromatic heterocycles. The molecule has 19 nitrogen and oxygen atoms in total. The maximum atomic E-state index is 14.2. The first-order valence-electron chi connectivity index (χ1n) is 29.2. The number of hydrogen-bond acceptors (Lipinski definition) is 14. The average molecular weight is 1190 g/mol. The van der Waals surface area contributed by atoms with Gasteiger partial charge in [-0.1, -0.05) is 61.1 Å². The number of piperazine rings is 1. The van der Waals surface area contributed by atoms with Crippen molar-refractivity contribution in [2.45, 2.75) is 108 Å². The summed E-state index contributed by atoms with van der Waals surface area (Å²) >= 11 is 6.27. The van der Waals surface area contributed by atoms with Gasteiger partial charge in [0.05, 0.1) is 21.6 Å². The number of carbonyl (C=O) groups excluding carboxylic acids is 4. The van der Waals surface area contributed by atoms with E-state index >= 15 is 0 Å². The Morgan fingerprint density at radius 2 is 1.74 bits per heavy atom. The Labute approximate surface area is 499 Å². The second-order valence-corrected chi connectivity index (χ2v) is 25.7. The number of nitrogens with zero attached hydrogens (tertiary/aromatic N) is 5. The Morgan fingerprint density at radius 1 is 0.941 bits per heavy atom. The molecule has 0 radical (unpaired) electrons. The smallest absolute Gasteiger partial charge is 0.293 e. The summed E-state index contributed by atoms with van der Waals surface area (Å²) < 4.78 is 36.5. The molecule has 3 fully saturated rings. The third kappa shape index (κ3) is 13.7. The number of sulfonamides is 1. The van der Waals surface area contributed by atoms with Gasteiger partial charge in [-0.2, -0.15) is 0 Å². The van der Waals surface area contributed by atoms with Gasteiger partial charge in [0.15, 0.2) is 0 Å². The minimum Gasteiger partial charge on any atom is -0.455 e. The van der Waals surface area contributed by atoms with Crippen LogP contribution >= 0.6 is 11.6 Å². The van der Waals surface area contributed by atoms with Gasteiger partial charge in [-0.3, -0.25) is 39.5 Å². The van der Waals surface area contributed by atoms with Gasteiger partial charge in [0.1, 0.15) is 28.9 Å². The summed E-state index contributed by atoms with van der Waals surface area (Å²) in [4.78, 5) is 76.7. The lowest BCUT2D eigenvalue weighted by atomic mass is 9.72. The third-order valence-corrected chi connectivity index (χ3v) is 18.8. The number of fused-ring (bicyclic) bond motifs is 2. The summed E-state index contributed by atoms with van der Waals surface area (Å²) in [5.41, 5.74) is 7.50. The number of imide groups is 1. The molecule has 1 unspecified atom stereocenters. The summed E-state index contributed by atoms with van der Waals surface area (Å²) in [6.45, 7) is 10.0. The first kappa shape index (κ1) is 58.7. The largest absolute Gasteiger partial charge is 0.455 e. The van der Waals surface area contributed by atoms with Crippen molar-refractivity contribution < 1.29 is 37.3 Å². The summed E-state index contributed by atoms with van der Waals surface area (Å²) in [5, 5.41) is 23.1. The molecule has 11 rings (SSSR count). The summed E-state index contributed by atoms with van der Waals surface area (Å²) in [6.07, 6.45) is 12.0. The van der Waals surface area contributed by atoms with Crippen LogP contribution in [-0.2, 0) is 26.2 Å². The zero-order chi connectivity index (χ0) is 59.4. The van der Waals surface area contributed by atoms with Gasteiger partial charge < -0.3 is 30.2 Å². The number of aromatic amines is 1. The number of hydrogen-bond donors (Lipinski definition) is 5. The van der Waals surface area contributed by atoms with Crippen molar-refractivity contribution >= 4 is 78.9 Å². The van der Waals surface area contributed by atoms with Gasteiger partial charge in [0.25, 0.3) is 27.5 Å². The lowest BCUT2D eigenvalue weighted by molar-refractivity contribution is -0.384. The fourth-order valence-corrected chi connectivity index (χ4v) is 13.5. The van der Waals surface area contributed by atoms with E-state index in [1.807, 2.05) is 24.3 Å². The SMILES string of the molecule is CC1(C)CCC(CN2CCN(c3ccc(C(=O)NS(=O)(=O)c4ccc(NC[C@H]5CC[C@@H](NCCCC#Cc6cccc7c6CN(C6CCC(=O)NC6=O)C7=O)CC5)c([N+](=O)[O-])c4)c(Oc4cnc5[nH]ccc5c4)c3)CC2)=C(c2ccc(Cl)cc2)C1. The van der Waals surface area contributed by atoms with Crippen LogP contribution in [0, 0.1) is 33.3 Å². The molecule has 5 N–H and O–H groups in total. The van der Waals surface area contributed by atoms with E-state index in [2.05, 4.69) is 78.3 Å². The van der Waals surface area contributed by atoms with Crippen LogP contribution in [0.15, 0.2) is 114 Å². The number of halogens is 1. The molecule has 2 aliphatic carbocycles. The molecule has 3 aliphatic heterocycles. The Balaban J connectivity index is 0.680. The maximum Gasteiger partial charge on any atom is 0.293 e. The van der Waals surface area contributed by atoms with Crippen LogP contribution in [-0.4, -0.2) is 115 Å². The number of carbonyl (C=O) groups is 4. The lowest BCUT2D eigenvalue weighted by Crippen LogP contribution is -2.52. The highest BCUT2D eigenvalue weighted by Gasteiger charge is 2.40. The van der Waals surface area contributed by atoms with Crippen molar-refractivity contribution in [2.75, 3.05) is 56.0 Å². The highest BCUT2D eigenvalue weighted by Crippen LogP contribution is 2.44. The lowest BCUT2D eigenvalue weighted by Gasteiger charge is -2.39. The number of ether oxygens (including phenoxy) is 1. The number of nitro benzene ring substituents is 1. The van der Waals surface area contributed by atoms with E-state index in [1.54, 1.807) is 42.6 Å². The highest BCUT2D eigenvalue weighted by molar-refractivity contribution is 7.90. The van der Waals surface area contributed by atoms with Gasteiger partial charge in [-0.05, 0) is 153 Å². The highest BCUT2D eigenvalue weighted by atomic mass is 35.5. The summed E-state index contributed by atoms with van der Waals surface area (Å²) in [6, 6.07) is 25.5. The van der Waals surface area contributed by atoms with Crippen molar-refractivity contribution in [3.8, 4) is 23.3 Å². The number of benzene rings is 4. The van der Waals surface area contributed by atoms with Crippen molar-refractivity contribution in [2.24, 2.45) is 11.3 Å². The molecule has 1 saturated carbocycles. The Bertz CT molecular complexity index is 3780. The molecular formula is C64H69ClN10O9S. The predicted molar refractivity (Wildman–Crippen MR) is 326 cm³/mol. The molecule has 21 heteroatoms. The van der Waals surface area contributed by atoms with Crippen molar-refractivity contribution in [3.63, 3.8) is 0 Å². The number of pyridine rings is 1. The molecule has 0 bridgehead atoms. The number of amides is 4. The maximum absolute atomic E-state index is 14.2. The number of nitrogens with one attached hydrogen (secondary N) is 5. The second-order valence-electron chi connectivity index (χ2n) is 23.6. The molecule has 4 aromatic carbocycles. The third-order valence-electron chi connectivity index (χ3n) is 17.2. The van der Waals surface area contributed by atoms with E-state index in [0.717, 1.165) is 111 Å². The summed E-state index contributed by atoms with van der Waals surface area (Å²) in [7, 11) is -4.63. The average Bonchev–Trinajstić information content (AvgIpc) is 2.99. The number of allylic oxidation sites excluding steroid dienone is 1. The number of nitro groups is 1. The molecule has 1 atom stereocenters. The van der Waals surface area contributed by atoms with E-state index in [1.165, 1.54) is 39.9 Å². The number of H-pyrrole nitrogens is 1. The number of piperidine rings is 1. The van der Waals surface area contributed by atoms with Crippen molar-refractivity contribution in [3.05, 3.63) is 152 Å². The molecule has 5 heterocycles. The zero-order valence-corrected chi connectivity index (χ0v) is 49.3. The first-order valence-corrected chi connectivity index (χ1v) is 31.1. The quantitative estimate of drug-likeness (QED) is 0.0177. The van der Waals surface area contributed by atoms with E-state index in [4.69, 9.17) is 16.3 Å². The minimum absolute atomic E-state index is 0.0557. The first-order chi connectivity index (χ1) is 40.9. The van der Waals surface area contributed by atoms with Crippen LogP contribution in [0.25, 0.3) is 16.6 Å². The van der Waals surface area contributed by atoms with E-state index in [0.29, 0.717) is 55.5 Å². The van der Waals surface area contributed by atoms with E-state index < -0.39 is 43.4 Å². The molecule has 4 amide bonds. The van der Waals surface area contributed by atoms with Crippen molar-refractivity contribution in [1.29, 1.82) is 0 Å². The van der Waals surface area contributed by atoms with Crippen LogP contribution in [0.4, 0.5) is 17.1 Å². The molecule has 2 saturated heterocycles. The van der Waals surface area contributed by atoms with Crippen molar-refractivity contribution in [1.82, 2.24) is 35.1 Å². The zero-order valence-electron chi connectivity index (χ0n) is 47.7. The monoisotopic (exact) mass is 1190 g/mol. The number of anilines is 2. The predicted octanol–water partition coefficient (Wildman–Crippen LogP) is 9.97. The fraction of sp³-hybridized carbons (Fsp3) is 0.391. The van der Waals surface area contributed by atoms with Gasteiger partial charge in [-0.15, -0.1) is 0 Å². The van der Waals surface area contributed by atoms with Crippen LogP contribution < -0.4 is 30.3 Å². The molecule has 85 heavy (non-hydrogen) atoms. The van der Waals surface area contributed by atoms with Gasteiger partial charge >= 0.3 is 0 Å². The van der Waals surface area contributed by atoms with Gasteiger partial charge in [0.2, 0.25) is 11.8 Å². The normalized spacial score (nSPS) is 19.9. The Hall–Kier alpha value is -8.09. The fourth-order valence-electron chi connectivity index (χ4n) is 12.4. The standard InChI is InChI=1S/C64H69ClN10O9S/c1-64(2)26-24-45(53(36-64)43-12-14-46(65)15-13-43)39-72-29-31-73(32-30-72)48-18-20-52(58(34-48)84-49-33-44-25-28-67-60(44)69-38-49)61(77)71-85(82,83)50-19-21-55(57(35-50)75(80)81)68-37-41-10-16-47(17-11-41)66-27-5-3-4-7-42-8-6-9-51-54(42)40-74(63(51)79)56-22-23-59(76)70-62(56)78/h6,8-9,12-15,18-21,25,28,33-35,38,41,47,56,66,68H,3,5,10-11,16-17,22-24,26-27,29-32,36-37,39-40H2,1-2H3,(H,67,69)(H,71,77)(H,70,76,78)/t41-,47+,56?. The Morgan fingerprint density at radius 3 is 2.52 bits per heavy atom. The second kappa shape index (κ2) is 25.2. The summed E-state index contributed by atoms with van der Waals surface area (Å²) in [5.74, 6) is 5.19. The molecule has 6 aromatic rings. The molecule has 442 valence electrons. The van der Waals surface area contributed by atoms with Crippen LogP contribution in [0.5, 0.6) is 11.5 Å². The number of unbranched alkanes of at least 4 members (excludes halogenated alkanes) is 1. The topological polar surface area (TPSA) is 241 Å². The van der Waals surface area contributed by atoms with Gasteiger partial charge in [-0.25, -0.2) is 18.1 Å². The van der Waals surface area contributed by atoms with Crippen LogP contribution in [0.1, 0.15) is 122 Å². The van der Waals surface area contributed by atoms with E-state index in [-0.39, 0.29) is 53.1 Å². The molecule has 0 spiro atoms. The van der Waals surface area contributed by atoms with Gasteiger partial charge in [0, 0.05) is 110 Å². The number of aromatic nitrogens is 2. The minimum atomic E-state index is -4.63. The molecule has 5 aliphatic rings. The van der Waals surface area contributed by atoms with Crippen LogP contribution in [0.2, 0.25) is 5.02 Å². The number of rotatable bonds is 18. The molecular weight excluding hydrogens is 1120 g/mol. The van der Waals surface area contributed by atoms with E-state index in [9.17, 15) is 37.7 Å². The Kier molecular flexibility index (Phi) is 17.4. The van der Waals surface area contributed by atoms with Crippen LogP contribution in [0.3, 0.4) is 0 Å².